The number of nitrogens with zero attached hydrogens (tertiary/aromatic N) is 2. The number of halogens is 2. The summed E-state index contributed by atoms with van der Waals surface area (Å²) in [7, 11) is 1.64. The van der Waals surface area contributed by atoms with Crippen LogP contribution in [0.1, 0.15) is 0 Å². The summed E-state index contributed by atoms with van der Waals surface area (Å²) in [6.07, 6.45) is 1.42. The molecule has 0 saturated carbocycles. The smallest absolute Gasteiger partial charge is 0.149 e. The van der Waals surface area contributed by atoms with Crippen molar-refractivity contribution in [2.75, 3.05) is 5.73 Å². The Hall–Kier alpha value is -1.56. The van der Waals surface area contributed by atoms with Gasteiger partial charge in [-0.3, -0.25) is 4.68 Å². The third kappa shape index (κ3) is 1.55. The average molecular weight is 286 g/mol. The molecule has 0 aliphatic rings. The Morgan fingerprint density at radius 3 is 2.75 bits per heavy atom. The van der Waals surface area contributed by atoms with Crippen molar-refractivity contribution >= 4 is 21.7 Å². The van der Waals surface area contributed by atoms with Crippen LogP contribution >= 0.6 is 15.9 Å². The van der Waals surface area contributed by atoms with Crippen LogP contribution in [0.2, 0.25) is 0 Å². The number of phenolic OH excluding ortho intramolecular Hbond substituents is 1. The molecule has 0 aliphatic carbocycles. The molecule has 3 N–H and O–H groups in total. The highest BCUT2D eigenvalue weighted by atomic mass is 79.9. The van der Waals surface area contributed by atoms with Crippen LogP contribution in [-0.4, -0.2) is 14.9 Å². The van der Waals surface area contributed by atoms with E-state index in [2.05, 4.69) is 21.0 Å². The Morgan fingerprint density at radius 2 is 2.19 bits per heavy atom. The van der Waals surface area contributed by atoms with Crippen LogP contribution in [0, 0.1) is 5.82 Å². The Morgan fingerprint density at radius 1 is 1.50 bits per heavy atom. The third-order valence-electron chi connectivity index (χ3n) is 2.33. The number of aromatic nitrogens is 2. The number of benzene rings is 1. The van der Waals surface area contributed by atoms with Crippen molar-refractivity contribution in [2.24, 2.45) is 7.05 Å². The second-order valence-corrected chi connectivity index (χ2v) is 4.18. The molecule has 1 aromatic carbocycles. The molecule has 6 heteroatoms. The van der Waals surface area contributed by atoms with Crippen LogP contribution in [-0.2, 0) is 7.05 Å². The molecule has 4 nitrogen and oxygen atoms in total. The SMILES string of the molecule is Cn1ncc(-c2c(O)ccc(Br)c2F)c1N. The lowest BCUT2D eigenvalue weighted by Gasteiger charge is -2.06. The van der Waals surface area contributed by atoms with Gasteiger partial charge in [-0.15, -0.1) is 0 Å². The van der Waals surface area contributed by atoms with Crippen molar-refractivity contribution in [1.82, 2.24) is 9.78 Å². The van der Waals surface area contributed by atoms with Crippen LogP contribution in [0.3, 0.4) is 0 Å². The lowest BCUT2D eigenvalue weighted by molar-refractivity contribution is 0.471. The maximum atomic E-state index is 13.8. The van der Waals surface area contributed by atoms with Crippen LogP contribution < -0.4 is 5.73 Å². The minimum atomic E-state index is -0.556. The zero-order chi connectivity index (χ0) is 11.9. The summed E-state index contributed by atoms with van der Waals surface area (Å²) in [5.41, 5.74) is 6.16. The molecule has 0 bridgehead atoms. The standard InChI is InChI=1S/C10H9BrFN3O/c1-15-10(13)5(4-14-15)8-7(16)3-2-6(11)9(8)12/h2-4,16H,13H2,1H3. The largest absolute Gasteiger partial charge is 0.507 e. The van der Waals surface area contributed by atoms with Crippen molar-refractivity contribution in [3.63, 3.8) is 0 Å². The van der Waals surface area contributed by atoms with E-state index in [1.807, 2.05) is 0 Å². The number of rotatable bonds is 1. The Balaban J connectivity index is 2.73. The van der Waals surface area contributed by atoms with Gasteiger partial charge in [0.1, 0.15) is 17.4 Å². The van der Waals surface area contributed by atoms with Gasteiger partial charge in [0.2, 0.25) is 0 Å². The van der Waals surface area contributed by atoms with E-state index in [1.165, 1.54) is 23.0 Å². The highest BCUT2D eigenvalue weighted by molar-refractivity contribution is 9.10. The molecule has 0 aliphatic heterocycles. The van der Waals surface area contributed by atoms with Crippen LogP contribution in [0.4, 0.5) is 10.2 Å². The molecule has 0 fully saturated rings. The van der Waals surface area contributed by atoms with Gasteiger partial charge in [-0.1, -0.05) is 0 Å². The van der Waals surface area contributed by atoms with E-state index >= 15 is 0 Å². The number of nitrogens with two attached hydrogens (primary N) is 1. The number of anilines is 1. The second-order valence-electron chi connectivity index (χ2n) is 3.32. The number of aromatic hydroxyl groups is 1. The molecule has 1 heterocycles. The van der Waals surface area contributed by atoms with E-state index in [-0.39, 0.29) is 15.8 Å². The minimum Gasteiger partial charge on any atom is -0.507 e. The zero-order valence-electron chi connectivity index (χ0n) is 8.41. The van der Waals surface area contributed by atoms with E-state index in [9.17, 15) is 9.50 Å². The molecule has 16 heavy (non-hydrogen) atoms. The van der Waals surface area contributed by atoms with Crippen molar-refractivity contribution in [3.8, 4) is 16.9 Å². The summed E-state index contributed by atoms with van der Waals surface area (Å²) in [6.45, 7) is 0. The quantitative estimate of drug-likeness (QED) is 0.845. The molecule has 84 valence electrons. The van der Waals surface area contributed by atoms with Gasteiger partial charge in [0.25, 0.3) is 0 Å². The summed E-state index contributed by atoms with van der Waals surface area (Å²) in [5, 5.41) is 13.6. The number of aryl methyl sites for hydroxylation is 1. The molecule has 0 amide bonds. The Kier molecular flexibility index (Phi) is 2.59. The molecular weight excluding hydrogens is 277 g/mol. The summed E-state index contributed by atoms with van der Waals surface area (Å²) in [5.74, 6) is -0.424. The van der Waals surface area contributed by atoms with Gasteiger partial charge >= 0.3 is 0 Å². The van der Waals surface area contributed by atoms with Gasteiger partial charge in [0.15, 0.2) is 0 Å². The fourth-order valence-electron chi connectivity index (χ4n) is 1.44. The van der Waals surface area contributed by atoms with Crippen LogP contribution in [0.25, 0.3) is 11.1 Å². The molecule has 0 radical (unpaired) electrons. The Bertz CT molecular complexity index is 553. The van der Waals surface area contributed by atoms with E-state index in [4.69, 9.17) is 5.73 Å². The van der Waals surface area contributed by atoms with E-state index in [1.54, 1.807) is 7.05 Å². The van der Waals surface area contributed by atoms with E-state index < -0.39 is 5.82 Å². The first kappa shape index (κ1) is 10.9. The molecule has 0 unspecified atom stereocenters. The highest BCUT2D eigenvalue weighted by Crippen LogP contribution is 2.37. The summed E-state index contributed by atoms with van der Waals surface area (Å²) in [6, 6.07) is 2.83. The minimum absolute atomic E-state index is 0.0555. The number of hydrogen-bond acceptors (Lipinski definition) is 3. The van der Waals surface area contributed by atoms with Crippen molar-refractivity contribution in [2.45, 2.75) is 0 Å². The van der Waals surface area contributed by atoms with Gasteiger partial charge in [-0.2, -0.15) is 5.10 Å². The number of phenols is 1. The topological polar surface area (TPSA) is 64.1 Å². The highest BCUT2D eigenvalue weighted by Gasteiger charge is 2.18. The van der Waals surface area contributed by atoms with Crippen molar-refractivity contribution in [1.29, 1.82) is 0 Å². The molecule has 1 aromatic heterocycles. The fraction of sp³-hybridized carbons (Fsp3) is 0.100. The van der Waals surface area contributed by atoms with Gasteiger partial charge in [-0.25, -0.2) is 4.39 Å². The summed E-state index contributed by atoms with van der Waals surface area (Å²) >= 11 is 3.05. The number of hydrogen-bond donors (Lipinski definition) is 2. The predicted molar refractivity (Wildman–Crippen MR) is 62.4 cm³/mol. The van der Waals surface area contributed by atoms with Crippen LogP contribution in [0.5, 0.6) is 5.75 Å². The van der Waals surface area contributed by atoms with Gasteiger partial charge in [0.05, 0.1) is 21.8 Å². The number of nitrogen functional groups attached to an aromatic ring is 1. The first-order valence-corrected chi connectivity index (χ1v) is 5.26. The monoisotopic (exact) mass is 285 g/mol. The maximum Gasteiger partial charge on any atom is 0.149 e. The van der Waals surface area contributed by atoms with Gasteiger partial charge in [0, 0.05) is 7.05 Å². The molecule has 0 saturated heterocycles. The molecular formula is C10H9BrFN3O. The summed E-state index contributed by atoms with van der Waals surface area (Å²) < 4.78 is 15.5. The first-order chi connectivity index (χ1) is 7.52. The van der Waals surface area contributed by atoms with Crippen LogP contribution in [0.15, 0.2) is 22.8 Å². The first-order valence-electron chi connectivity index (χ1n) is 4.47. The normalized spacial score (nSPS) is 10.7. The van der Waals surface area contributed by atoms with E-state index in [0.29, 0.717) is 11.4 Å². The molecule has 2 aromatic rings. The second kappa shape index (κ2) is 3.79. The average Bonchev–Trinajstić information content (AvgIpc) is 2.56. The lowest BCUT2D eigenvalue weighted by Crippen LogP contribution is -1.98. The molecule has 2 rings (SSSR count). The Labute approximate surface area is 99.6 Å². The van der Waals surface area contributed by atoms with Crippen molar-refractivity contribution in [3.05, 3.63) is 28.6 Å². The van der Waals surface area contributed by atoms with Crippen molar-refractivity contribution < 1.29 is 9.50 Å². The summed E-state index contributed by atoms with van der Waals surface area (Å²) in [4.78, 5) is 0. The maximum absolute atomic E-state index is 13.8. The lowest BCUT2D eigenvalue weighted by atomic mass is 10.1. The molecule has 0 spiro atoms. The third-order valence-corrected chi connectivity index (χ3v) is 2.94. The molecule has 0 atom stereocenters. The van der Waals surface area contributed by atoms with Gasteiger partial charge < -0.3 is 10.8 Å². The zero-order valence-corrected chi connectivity index (χ0v) is 9.99. The fourth-order valence-corrected chi connectivity index (χ4v) is 1.77. The van der Waals surface area contributed by atoms with Gasteiger partial charge in [-0.05, 0) is 28.1 Å². The van der Waals surface area contributed by atoms with E-state index in [0.717, 1.165) is 0 Å². The predicted octanol–water partition coefficient (Wildman–Crippen LogP) is 2.28.